The van der Waals surface area contributed by atoms with Gasteiger partial charge in [0.05, 0.1) is 13.9 Å². The number of hydrogen-bond donors (Lipinski definition) is 0. The van der Waals surface area contributed by atoms with Gasteiger partial charge in [0.1, 0.15) is 0 Å². The van der Waals surface area contributed by atoms with Crippen molar-refractivity contribution in [3.8, 4) is 11.6 Å². The maximum Gasteiger partial charge on any atom is 0.271 e. The Kier molecular flexibility index (Phi) is 5.11. The molecule has 0 radical (unpaired) electrons. The van der Waals surface area contributed by atoms with Gasteiger partial charge >= 0.3 is 0 Å². The SMILES string of the molecule is O=[N+]([O-])c1cc(Br)c(Oc2ncccc2CBr)c(Br)c1. The molecule has 5 nitrogen and oxygen atoms in total. The summed E-state index contributed by atoms with van der Waals surface area (Å²) in [6, 6.07) is 6.46. The van der Waals surface area contributed by atoms with Gasteiger partial charge in [-0.3, -0.25) is 10.1 Å². The van der Waals surface area contributed by atoms with Gasteiger partial charge in [-0.2, -0.15) is 0 Å². The van der Waals surface area contributed by atoms with Crippen LogP contribution in [0.4, 0.5) is 5.69 Å². The first kappa shape index (κ1) is 15.4. The molecule has 0 spiro atoms. The summed E-state index contributed by atoms with van der Waals surface area (Å²) in [5.74, 6) is 0.885. The van der Waals surface area contributed by atoms with Crippen LogP contribution in [0.2, 0.25) is 0 Å². The van der Waals surface area contributed by atoms with Gasteiger partial charge in [-0.1, -0.05) is 22.0 Å². The van der Waals surface area contributed by atoms with Gasteiger partial charge in [0.2, 0.25) is 5.88 Å². The third-order valence-electron chi connectivity index (χ3n) is 2.39. The number of hydrogen-bond acceptors (Lipinski definition) is 4. The van der Waals surface area contributed by atoms with E-state index >= 15 is 0 Å². The highest BCUT2D eigenvalue weighted by Crippen LogP contribution is 2.40. The predicted molar refractivity (Wildman–Crippen MR) is 85.4 cm³/mol. The maximum atomic E-state index is 10.8. The zero-order valence-electron chi connectivity index (χ0n) is 9.85. The molecule has 1 aromatic heterocycles. The van der Waals surface area contributed by atoms with Gasteiger partial charge in [-0.15, -0.1) is 0 Å². The molecule has 0 bridgehead atoms. The predicted octanol–water partition coefficient (Wildman–Crippen LogP) is 5.20. The number of nitro benzene ring substituents is 1. The van der Waals surface area contributed by atoms with Crippen LogP contribution >= 0.6 is 47.8 Å². The fourth-order valence-corrected chi connectivity index (χ4v) is 3.21. The Bertz CT molecular complexity index is 641. The lowest BCUT2D eigenvalue weighted by Gasteiger charge is -2.11. The van der Waals surface area contributed by atoms with Gasteiger partial charge in [-0.05, 0) is 37.9 Å². The molecule has 0 fully saturated rings. The lowest BCUT2D eigenvalue weighted by Crippen LogP contribution is -1.95. The van der Waals surface area contributed by atoms with E-state index in [1.807, 2.05) is 12.1 Å². The standard InChI is InChI=1S/C12H7Br3N2O3/c13-6-7-2-1-3-16-12(7)20-11-9(14)4-8(17(18)19)5-10(11)15/h1-5H,6H2. The van der Waals surface area contributed by atoms with Crippen LogP contribution in [0.15, 0.2) is 39.4 Å². The van der Waals surface area contributed by atoms with Crippen LogP contribution < -0.4 is 4.74 Å². The van der Waals surface area contributed by atoms with Crippen LogP contribution in [-0.4, -0.2) is 9.91 Å². The van der Waals surface area contributed by atoms with E-state index in [9.17, 15) is 10.1 Å². The number of pyridine rings is 1. The Hall–Kier alpha value is -0.990. The smallest absolute Gasteiger partial charge is 0.271 e. The number of nitro groups is 1. The summed E-state index contributed by atoms with van der Waals surface area (Å²) in [4.78, 5) is 14.5. The van der Waals surface area contributed by atoms with E-state index in [2.05, 4.69) is 52.8 Å². The molecule has 0 aliphatic heterocycles. The Morgan fingerprint density at radius 1 is 1.30 bits per heavy atom. The van der Waals surface area contributed by atoms with E-state index in [-0.39, 0.29) is 5.69 Å². The fraction of sp³-hybridized carbons (Fsp3) is 0.0833. The van der Waals surface area contributed by atoms with E-state index in [0.717, 1.165) is 5.56 Å². The third-order valence-corrected chi connectivity index (χ3v) is 4.17. The first-order chi connectivity index (χ1) is 9.52. The quantitative estimate of drug-likeness (QED) is 0.353. The molecule has 0 N–H and O–H groups in total. The molecule has 0 amide bonds. The number of alkyl halides is 1. The van der Waals surface area contributed by atoms with Gasteiger partial charge in [0.25, 0.3) is 5.69 Å². The van der Waals surface area contributed by atoms with E-state index < -0.39 is 4.92 Å². The third kappa shape index (κ3) is 3.36. The summed E-state index contributed by atoms with van der Waals surface area (Å²) in [5.41, 5.74) is 0.850. The zero-order chi connectivity index (χ0) is 14.7. The van der Waals surface area contributed by atoms with Crippen molar-refractivity contribution in [2.45, 2.75) is 5.33 Å². The number of rotatable bonds is 4. The summed E-state index contributed by atoms with van der Waals surface area (Å²) in [5, 5.41) is 11.4. The van der Waals surface area contributed by atoms with Crippen molar-refractivity contribution >= 4 is 53.5 Å². The summed E-state index contributed by atoms with van der Waals surface area (Å²) in [6.07, 6.45) is 1.62. The molecular formula is C12H7Br3N2O3. The van der Waals surface area contributed by atoms with Gasteiger partial charge < -0.3 is 4.74 Å². The Labute approximate surface area is 139 Å². The van der Waals surface area contributed by atoms with Crippen LogP contribution in [0.25, 0.3) is 0 Å². The van der Waals surface area contributed by atoms with E-state index in [0.29, 0.717) is 25.9 Å². The second-order valence-corrected chi connectivity index (χ2v) is 5.97. The van der Waals surface area contributed by atoms with Gasteiger partial charge in [0.15, 0.2) is 5.75 Å². The average molecular weight is 467 g/mol. The van der Waals surface area contributed by atoms with Crippen LogP contribution in [0.1, 0.15) is 5.56 Å². The zero-order valence-corrected chi connectivity index (χ0v) is 14.6. The van der Waals surface area contributed by atoms with Crippen molar-refractivity contribution in [2.24, 2.45) is 0 Å². The van der Waals surface area contributed by atoms with Crippen LogP contribution in [0.3, 0.4) is 0 Å². The molecule has 2 rings (SSSR count). The first-order valence-corrected chi connectivity index (χ1v) is 8.05. The summed E-state index contributed by atoms with van der Waals surface area (Å²) >= 11 is 9.90. The van der Waals surface area contributed by atoms with Crippen molar-refractivity contribution in [1.82, 2.24) is 4.98 Å². The van der Waals surface area contributed by atoms with Crippen LogP contribution in [0.5, 0.6) is 11.6 Å². The first-order valence-electron chi connectivity index (χ1n) is 5.34. The molecule has 2 aromatic rings. The van der Waals surface area contributed by atoms with Crippen molar-refractivity contribution in [3.05, 3.63) is 55.1 Å². The van der Waals surface area contributed by atoms with Crippen molar-refractivity contribution in [1.29, 1.82) is 0 Å². The number of ether oxygens (including phenoxy) is 1. The minimum absolute atomic E-state index is 0.0298. The molecule has 0 saturated heterocycles. The van der Waals surface area contributed by atoms with Gasteiger partial charge in [0, 0.05) is 29.2 Å². The van der Waals surface area contributed by atoms with Crippen molar-refractivity contribution in [2.75, 3.05) is 0 Å². The number of non-ortho nitro benzene ring substituents is 1. The van der Waals surface area contributed by atoms with E-state index in [4.69, 9.17) is 4.74 Å². The average Bonchev–Trinajstić information content (AvgIpc) is 2.42. The molecule has 0 aliphatic rings. The second-order valence-electron chi connectivity index (χ2n) is 3.70. The fourth-order valence-electron chi connectivity index (χ4n) is 1.46. The highest BCUT2D eigenvalue weighted by atomic mass is 79.9. The molecule has 0 unspecified atom stereocenters. The number of aromatic nitrogens is 1. The molecular weight excluding hydrogens is 460 g/mol. The highest BCUT2D eigenvalue weighted by Gasteiger charge is 2.17. The molecule has 8 heteroatoms. The van der Waals surface area contributed by atoms with Crippen molar-refractivity contribution in [3.63, 3.8) is 0 Å². The normalized spacial score (nSPS) is 10.3. The van der Waals surface area contributed by atoms with Gasteiger partial charge in [-0.25, -0.2) is 4.98 Å². The Morgan fingerprint density at radius 3 is 2.50 bits per heavy atom. The molecule has 0 atom stereocenters. The summed E-state index contributed by atoms with van der Waals surface area (Å²) < 4.78 is 6.69. The number of halogens is 3. The summed E-state index contributed by atoms with van der Waals surface area (Å²) in [6.45, 7) is 0. The molecule has 0 saturated carbocycles. The van der Waals surface area contributed by atoms with Crippen LogP contribution in [0, 0.1) is 10.1 Å². The monoisotopic (exact) mass is 464 g/mol. The lowest BCUT2D eigenvalue weighted by molar-refractivity contribution is -0.385. The molecule has 104 valence electrons. The molecule has 20 heavy (non-hydrogen) atoms. The molecule has 1 heterocycles. The highest BCUT2D eigenvalue weighted by molar-refractivity contribution is 9.11. The van der Waals surface area contributed by atoms with Crippen LogP contribution in [-0.2, 0) is 5.33 Å². The number of benzene rings is 1. The van der Waals surface area contributed by atoms with Crippen molar-refractivity contribution < 1.29 is 9.66 Å². The topological polar surface area (TPSA) is 65.3 Å². The van der Waals surface area contributed by atoms with E-state index in [1.54, 1.807) is 6.20 Å². The maximum absolute atomic E-state index is 10.8. The summed E-state index contributed by atoms with van der Waals surface area (Å²) in [7, 11) is 0. The minimum atomic E-state index is -0.468. The van der Waals surface area contributed by atoms with E-state index in [1.165, 1.54) is 12.1 Å². The minimum Gasteiger partial charge on any atom is -0.436 e. The number of nitrogens with zero attached hydrogens (tertiary/aromatic N) is 2. The Morgan fingerprint density at radius 2 is 1.95 bits per heavy atom. The lowest BCUT2D eigenvalue weighted by atomic mass is 10.3. The molecule has 0 aliphatic carbocycles. The molecule has 1 aromatic carbocycles. The Balaban J connectivity index is 2.41. The largest absolute Gasteiger partial charge is 0.436 e. The second kappa shape index (κ2) is 6.64.